The van der Waals surface area contributed by atoms with Crippen molar-refractivity contribution in [3.63, 3.8) is 0 Å². The summed E-state index contributed by atoms with van der Waals surface area (Å²) >= 11 is 0. The van der Waals surface area contributed by atoms with Crippen LogP contribution in [-0.4, -0.2) is 29.7 Å². The Balaban J connectivity index is 1.92. The molecule has 82 valence electrons. The van der Waals surface area contributed by atoms with Gasteiger partial charge in [-0.15, -0.1) is 0 Å². The highest BCUT2D eigenvalue weighted by Gasteiger charge is 2.15. The molecule has 1 saturated heterocycles. The lowest BCUT2D eigenvalue weighted by atomic mass is 10.1. The van der Waals surface area contributed by atoms with Crippen LogP contribution in [-0.2, 0) is 0 Å². The first-order chi connectivity index (χ1) is 7.24. The van der Waals surface area contributed by atoms with Gasteiger partial charge in [0, 0.05) is 24.2 Å². The first-order valence-corrected chi connectivity index (χ1v) is 5.40. The number of rotatable bonds is 3. The van der Waals surface area contributed by atoms with E-state index < -0.39 is 0 Å². The molecule has 1 aliphatic heterocycles. The summed E-state index contributed by atoms with van der Waals surface area (Å²) in [5, 5.41) is 3.32. The summed E-state index contributed by atoms with van der Waals surface area (Å²) in [6.45, 7) is 6.76. The third-order valence-corrected chi connectivity index (χ3v) is 2.57. The molecule has 0 bridgehead atoms. The van der Waals surface area contributed by atoms with Crippen molar-refractivity contribution >= 4 is 0 Å². The number of hydrogen-bond donors (Lipinski definition) is 1. The number of hydrogen-bond acceptors (Lipinski definition) is 4. The van der Waals surface area contributed by atoms with Crippen molar-refractivity contribution < 1.29 is 4.74 Å². The predicted molar refractivity (Wildman–Crippen MR) is 58.0 cm³/mol. The second-order valence-corrected chi connectivity index (χ2v) is 4.06. The Bertz CT molecular complexity index is 314. The zero-order valence-corrected chi connectivity index (χ0v) is 9.29. The van der Waals surface area contributed by atoms with Crippen LogP contribution in [0.4, 0.5) is 0 Å². The average molecular weight is 207 g/mol. The molecular weight excluding hydrogens is 190 g/mol. The monoisotopic (exact) mass is 207 g/mol. The van der Waals surface area contributed by atoms with Gasteiger partial charge in [0.15, 0.2) is 0 Å². The molecule has 4 heteroatoms. The van der Waals surface area contributed by atoms with Crippen molar-refractivity contribution in [2.45, 2.75) is 20.3 Å². The van der Waals surface area contributed by atoms with Crippen LogP contribution in [0.5, 0.6) is 5.88 Å². The quantitative estimate of drug-likeness (QED) is 0.805. The summed E-state index contributed by atoms with van der Waals surface area (Å²) in [5.41, 5.74) is 0.960. The van der Waals surface area contributed by atoms with Crippen molar-refractivity contribution in [3.8, 4) is 5.88 Å². The number of aryl methyl sites for hydroxylation is 2. The van der Waals surface area contributed by atoms with Crippen LogP contribution in [0, 0.1) is 19.8 Å². The van der Waals surface area contributed by atoms with E-state index in [0.29, 0.717) is 11.8 Å². The van der Waals surface area contributed by atoms with Gasteiger partial charge in [0.2, 0.25) is 5.88 Å². The third kappa shape index (κ3) is 2.89. The van der Waals surface area contributed by atoms with Crippen LogP contribution in [0.1, 0.15) is 17.9 Å². The van der Waals surface area contributed by atoms with E-state index in [2.05, 4.69) is 15.3 Å². The minimum absolute atomic E-state index is 0.626. The molecule has 0 aliphatic carbocycles. The maximum absolute atomic E-state index is 5.66. The van der Waals surface area contributed by atoms with Gasteiger partial charge in [-0.05, 0) is 26.8 Å². The maximum atomic E-state index is 5.66. The second kappa shape index (κ2) is 4.57. The zero-order chi connectivity index (χ0) is 10.7. The number of ether oxygens (including phenoxy) is 1. The van der Waals surface area contributed by atoms with Gasteiger partial charge in [-0.3, -0.25) is 0 Å². The second-order valence-electron chi connectivity index (χ2n) is 4.06. The summed E-state index contributed by atoms with van der Waals surface area (Å²) in [7, 11) is 0. The zero-order valence-electron chi connectivity index (χ0n) is 9.29. The van der Waals surface area contributed by atoms with E-state index in [9.17, 15) is 0 Å². The van der Waals surface area contributed by atoms with Gasteiger partial charge < -0.3 is 10.1 Å². The van der Waals surface area contributed by atoms with E-state index in [1.807, 2.05) is 19.9 Å². The highest BCUT2D eigenvalue weighted by Crippen LogP contribution is 2.12. The molecule has 1 fully saturated rings. The van der Waals surface area contributed by atoms with Crippen LogP contribution < -0.4 is 10.1 Å². The minimum atomic E-state index is 0.626. The normalized spacial score (nSPS) is 20.5. The lowest BCUT2D eigenvalue weighted by Gasteiger charge is -2.10. The van der Waals surface area contributed by atoms with Crippen molar-refractivity contribution in [2.75, 3.05) is 19.7 Å². The van der Waals surface area contributed by atoms with Gasteiger partial charge in [0.25, 0.3) is 0 Å². The van der Waals surface area contributed by atoms with Gasteiger partial charge in [-0.2, -0.15) is 4.98 Å². The molecule has 1 aromatic heterocycles. The maximum Gasteiger partial charge on any atom is 0.216 e. The number of nitrogens with zero attached hydrogens (tertiary/aromatic N) is 2. The molecule has 1 aliphatic rings. The van der Waals surface area contributed by atoms with Gasteiger partial charge in [-0.25, -0.2) is 4.98 Å². The van der Waals surface area contributed by atoms with E-state index in [4.69, 9.17) is 4.74 Å². The standard InChI is InChI=1S/C11H17N3O/c1-8-5-11(14-9(2)13-8)15-7-10-3-4-12-6-10/h5,10,12H,3-4,6-7H2,1-2H3. The molecule has 1 aromatic rings. The highest BCUT2D eigenvalue weighted by molar-refractivity contribution is 5.14. The van der Waals surface area contributed by atoms with Crippen LogP contribution in [0.15, 0.2) is 6.07 Å². The molecule has 0 aromatic carbocycles. The smallest absolute Gasteiger partial charge is 0.216 e. The van der Waals surface area contributed by atoms with Crippen molar-refractivity contribution in [1.29, 1.82) is 0 Å². The Morgan fingerprint density at radius 1 is 1.47 bits per heavy atom. The summed E-state index contributed by atoms with van der Waals surface area (Å²) in [6.07, 6.45) is 1.20. The first kappa shape index (κ1) is 10.4. The molecule has 0 amide bonds. The fraction of sp³-hybridized carbons (Fsp3) is 0.636. The largest absolute Gasteiger partial charge is 0.477 e. The van der Waals surface area contributed by atoms with Crippen molar-refractivity contribution in [2.24, 2.45) is 5.92 Å². The molecule has 1 N–H and O–H groups in total. The van der Waals surface area contributed by atoms with E-state index in [1.165, 1.54) is 6.42 Å². The molecule has 0 saturated carbocycles. The molecule has 2 heterocycles. The predicted octanol–water partition coefficient (Wildman–Crippen LogP) is 1.08. The third-order valence-electron chi connectivity index (χ3n) is 2.57. The summed E-state index contributed by atoms with van der Waals surface area (Å²) in [4.78, 5) is 8.45. The van der Waals surface area contributed by atoms with Gasteiger partial charge >= 0.3 is 0 Å². The highest BCUT2D eigenvalue weighted by atomic mass is 16.5. The number of nitrogens with one attached hydrogen (secondary N) is 1. The molecule has 2 rings (SSSR count). The van der Waals surface area contributed by atoms with E-state index >= 15 is 0 Å². The van der Waals surface area contributed by atoms with Crippen LogP contribution in [0.3, 0.4) is 0 Å². The van der Waals surface area contributed by atoms with E-state index in [0.717, 1.165) is 31.2 Å². The summed E-state index contributed by atoms with van der Waals surface area (Å²) < 4.78 is 5.66. The Morgan fingerprint density at radius 3 is 3.00 bits per heavy atom. The molecular formula is C11H17N3O. The Labute approximate surface area is 90.1 Å². The fourth-order valence-corrected chi connectivity index (χ4v) is 1.82. The molecule has 15 heavy (non-hydrogen) atoms. The molecule has 4 nitrogen and oxygen atoms in total. The van der Waals surface area contributed by atoms with Gasteiger partial charge in [0.05, 0.1) is 6.61 Å². The lowest BCUT2D eigenvalue weighted by molar-refractivity contribution is 0.250. The van der Waals surface area contributed by atoms with Crippen LogP contribution in [0.25, 0.3) is 0 Å². The van der Waals surface area contributed by atoms with Crippen LogP contribution >= 0.6 is 0 Å². The van der Waals surface area contributed by atoms with Gasteiger partial charge in [-0.1, -0.05) is 0 Å². The first-order valence-electron chi connectivity index (χ1n) is 5.40. The SMILES string of the molecule is Cc1cc(OCC2CCNC2)nc(C)n1. The molecule has 0 radical (unpaired) electrons. The van der Waals surface area contributed by atoms with E-state index in [1.54, 1.807) is 0 Å². The fourth-order valence-electron chi connectivity index (χ4n) is 1.82. The number of aromatic nitrogens is 2. The lowest BCUT2D eigenvalue weighted by Crippen LogP contribution is -2.16. The van der Waals surface area contributed by atoms with Crippen molar-refractivity contribution in [1.82, 2.24) is 15.3 Å². The minimum Gasteiger partial charge on any atom is -0.477 e. The molecule has 1 atom stereocenters. The Morgan fingerprint density at radius 2 is 2.33 bits per heavy atom. The topological polar surface area (TPSA) is 47.0 Å². The van der Waals surface area contributed by atoms with Crippen molar-refractivity contribution in [3.05, 3.63) is 17.6 Å². The van der Waals surface area contributed by atoms with Gasteiger partial charge in [0.1, 0.15) is 5.82 Å². The van der Waals surface area contributed by atoms with Crippen LogP contribution in [0.2, 0.25) is 0 Å². The van der Waals surface area contributed by atoms with E-state index in [-0.39, 0.29) is 0 Å². The Hall–Kier alpha value is -1.16. The molecule has 1 unspecified atom stereocenters. The average Bonchev–Trinajstić information content (AvgIpc) is 2.65. The summed E-state index contributed by atoms with van der Waals surface area (Å²) in [6, 6.07) is 1.88. The Kier molecular flexibility index (Phi) is 3.16. The summed E-state index contributed by atoms with van der Waals surface area (Å²) in [5.74, 6) is 2.10. The molecule has 0 spiro atoms.